The third-order valence-corrected chi connectivity index (χ3v) is 5.70. The third-order valence-electron chi connectivity index (χ3n) is 5.39. The van der Waals surface area contributed by atoms with Gasteiger partial charge in [-0.15, -0.1) is 0 Å². The van der Waals surface area contributed by atoms with E-state index in [1.165, 1.54) is 18.2 Å². The summed E-state index contributed by atoms with van der Waals surface area (Å²) in [6, 6.07) is 9.55. The van der Waals surface area contributed by atoms with E-state index in [2.05, 4.69) is 15.5 Å². The topological polar surface area (TPSA) is 103 Å². The van der Waals surface area contributed by atoms with E-state index in [1.807, 2.05) is 6.92 Å². The number of halogens is 2. The van der Waals surface area contributed by atoms with Gasteiger partial charge >= 0.3 is 0 Å². The van der Waals surface area contributed by atoms with Crippen molar-refractivity contribution in [3.05, 3.63) is 58.4 Å². The summed E-state index contributed by atoms with van der Waals surface area (Å²) in [5.74, 6) is -0.246. The Hall–Kier alpha value is -2.43. The second-order valence-electron chi connectivity index (χ2n) is 8.04. The maximum atomic E-state index is 13.1. The molecule has 8 nitrogen and oxygen atoms in total. The molecule has 0 spiro atoms. The highest BCUT2D eigenvalue weighted by Gasteiger charge is 2.23. The van der Waals surface area contributed by atoms with Crippen LogP contribution in [0.15, 0.2) is 36.4 Å². The van der Waals surface area contributed by atoms with Crippen molar-refractivity contribution >= 4 is 23.2 Å². The number of nitrogens with one attached hydrogen (secondary N) is 2. The molecule has 0 aromatic heterocycles. The lowest BCUT2D eigenvalue weighted by Gasteiger charge is -2.33. The Morgan fingerprint density at radius 1 is 1.35 bits per heavy atom. The minimum absolute atomic E-state index is 0.0980. The van der Waals surface area contributed by atoms with Crippen LogP contribution in [0.3, 0.4) is 0 Å². The van der Waals surface area contributed by atoms with Gasteiger partial charge in [0.25, 0.3) is 5.91 Å². The molecule has 10 heteroatoms. The van der Waals surface area contributed by atoms with Crippen molar-refractivity contribution in [3.8, 4) is 5.75 Å². The van der Waals surface area contributed by atoms with Gasteiger partial charge in [0.05, 0.1) is 48.3 Å². The van der Waals surface area contributed by atoms with Gasteiger partial charge < -0.3 is 30.3 Å². The summed E-state index contributed by atoms with van der Waals surface area (Å²) in [6.45, 7) is 4.79. The summed E-state index contributed by atoms with van der Waals surface area (Å²) in [7, 11) is 0. The Kier molecular flexibility index (Phi) is 9.91. The summed E-state index contributed by atoms with van der Waals surface area (Å²) in [5, 5.41) is 24.7. The lowest BCUT2D eigenvalue weighted by Crippen LogP contribution is -2.47. The van der Waals surface area contributed by atoms with Crippen LogP contribution in [-0.4, -0.2) is 79.2 Å². The zero-order valence-corrected chi connectivity index (χ0v) is 19.9. The maximum absolute atomic E-state index is 13.1. The molecule has 0 saturated carbocycles. The highest BCUT2D eigenvalue weighted by molar-refractivity contribution is 6.33. The first-order valence-corrected chi connectivity index (χ1v) is 11.6. The van der Waals surface area contributed by atoms with E-state index in [0.717, 1.165) is 12.1 Å². The van der Waals surface area contributed by atoms with Gasteiger partial charge in [-0.05, 0) is 30.7 Å². The molecule has 0 radical (unpaired) electrons. The van der Waals surface area contributed by atoms with E-state index in [0.29, 0.717) is 49.8 Å². The van der Waals surface area contributed by atoms with Crippen LogP contribution in [0.2, 0.25) is 5.02 Å². The van der Waals surface area contributed by atoms with Crippen molar-refractivity contribution in [3.63, 3.8) is 0 Å². The largest absolute Gasteiger partial charge is 0.493 e. The van der Waals surface area contributed by atoms with Crippen LogP contribution in [0.1, 0.15) is 22.8 Å². The number of morpholine rings is 1. The molecule has 1 heterocycles. The van der Waals surface area contributed by atoms with Crippen molar-refractivity contribution in [2.75, 3.05) is 51.3 Å². The average molecular weight is 496 g/mol. The number of anilines is 1. The summed E-state index contributed by atoms with van der Waals surface area (Å²) >= 11 is 6.33. The van der Waals surface area contributed by atoms with Gasteiger partial charge in [0.1, 0.15) is 11.6 Å². The van der Waals surface area contributed by atoms with Gasteiger partial charge in [-0.25, -0.2) is 4.39 Å². The number of aliphatic hydroxyl groups excluding tert-OH is 2. The molecule has 1 aliphatic rings. The number of carbonyl (C=O) groups is 1. The number of rotatable bonds is 11. The van der Waals surface area contributed by atoms with E-state index in [-0.39, 0.29) is 36.0 Å². The number of aliphatic hydroxyl groups is 2. The molecule has 186 valence electrons. The summed E-state index contributed by atoms with van der Waals surface area (Å²) < 4.78 is 24.6. The highest BCUT2D eigenvalue weighted by atomic mass is 35.5. The number of ether oxygens (including phenoxy) is 2. The lowest BCUT2D eigenvalue weighted by molar-refractivity contribution is -0.0292. The zero-order valence-electron chi connectivity index (χ0n) is 19.1. The number of hydrogen-bond donors (Lipinski definition) is 4. The van der Waals surface area contributed by atoms with Crippen molar-refractivity contribution in [1.29, 1.82) is 0 Å². The van der Waals surface area contributed by atoms with E-state index < -0.39 is 6.10 Å². The molecule has 2 aromatic rings. The number of amides is 1. The highest BCUT2D eigenvalue weighted by Crippen LogP contribution is 2.31. The number of carbonyl (C=O) groups excluding carboxylic acids is 1. The van der Waals surface area contributed by atoms with Gasteiger partial charge in [0, 0.05) is 38.8 Å². The van der Waals surface area contributed by atoms with E-state index in [9.17, 15) is 14.3 Å². The van der Waals surface area contributed by atoms with Crippen molar-refractivity contribution in [1.82, 2.24) is 10.2 Å². The molecule has 0 aliphatic carbocycles. The minimum Gasteiger partial charge on any atom is -0.493 e. The van der Waals surface area contributed by atoms with Gasteiger partial charge in [-0.2, -0.15) is 0 Å². The van der Waals surface area contributed by atoms with E-state index in [1.54, 1.807) is 18.2 Å². The minimum atomic E-state index is -0.937. The third kappa shape index (κ3) is 7.54. The van der Waals surface area contributed by atoms with Crippen LogP contribution >= 0.6 is 11.6 Å². The Labute approximate surface area is 203 Å². The molecule has 2 atom stereocenters. The Morgan fingerprint density at radius 2 is 2.12 bits per heavy atom. The van der Waals surface area contributed by atoms with Crippen molar-refractivity contribution in [2.45, 2.75) is 25.7 Å². The molecular formula is C24H31ClFN3O5. The standard InChI is InChI=1S/C24H31ClFN3O5/c1-2-33-23-10-22(27-11-18(31)15-30)21(25)9-20(23)24(32)28-12-19-14-29(7-8-34-19)13-16-3-5-17(26)6-4-16/h3-6,9-10,18-19,27,30-31H,2,7-8,11-15H2,1H3,(H,28,32). The van der Waals surface area contributed by atoms with Crippen LogP contribution < -0.4 is 15.4 Å². The van der Waals surface area contributed by atoms with Crippen molar-refractivity contribution in [2.24, 2.45) is 0 Å². The smallest absolute Gasteiger partial charge is 0.255 e. The predicted molar refractivity (Wildman–Crippen MR) is 128 cm³/mol. The normalized spacial score (nSPS) is 17.3. The summed E-state index contributed by atoms with van der Waals surface area (Å²) in [6.07, 6.45) is -1.13. The number of nitrogens with zero attached hydrogens (tertiary/aromatic N) is 1. The molecule has 34 heavy (non-hydrogen) atoms. The Morgan fingerprint density at radius 3 is 2.82 bits per heavy atom. The molecule has 1 saturated heterocycles. The molecule has 1 aliphatic heterocycles. The maximum Gasteiger partial charge on any atom is 0.255 e. The van der Waals surface area contributed by atoms with Crippen LogP contribution in [-0.2, 0) is 11.3 Å². The van der Waals surface area contributed by atoms with Gasteiger partial charge in [0.2, 0.25) is 0 Å². The second-order valence-corrected chi connectivity index (χ2v) is 8.45. The molecule has 0 bridgehead atoms. The van der Waals surface area contributed by atoms with E-state index >= 15 is 0 Å². The first-order chi connectivity index (χ1) is 16.4. The molecule has 2 aromatic carbocycles. The Balaban J connectivity index is 1.59. The molecular weight excluding hydrogens is 465 g/mol. The first-order valence-electron chi connectivity index (χ1n) is 11.2. The molecule has 1 fully saturated rings. The molecule has 3 rings (SSSR count). The number of hydrogen-bond acceptors (Lipinski definition) is 7. The SMILES string of the molecule is CCOc1cc(NCC(O)CO)c(Cl)cc1C(=O)NCC1CN(Cc2ccc(F)cc2)CCO1. The van der Waals surface area contributed by atoms with Crippen LogP contribution in [0.4, 0.5) is 10.1 Å². The monoisotopic (exact) mass is 495 g/mol. The molecule has 4 N–H and O–H groups in total. The van der Waals surface area contributed by atoms with Crippen LogP contribution in [0.25, 0.3) is 0 Å². The van der Waals surface area contributed by atoms with Crippen molar-refractivity contribution < 1.29 is 28.9 Å². The fourth-order valence-corrected chi connectivity index (χ4v) is 3.86. The number of benzene rings is 2. The van der Waals surface area contributed by atoms with Gasteiger partial charge in [-0.1, -0.05) is 23.7 Å². The van der Waals surface area contributed by atoms with E-state index in [4.69, 9.17) is 26.2 Å². The first kappa shape index (κ1) is 26.2. The average Bonchev–Trinajstić information content (AvgIpc) is 2.84. The fraction of sp³-hybridized carbons (Fsp3) is 0.458. The van der Waals surface area contributed by atoms with Crippen LogP contribution in [0, 0.1) is 5.82 Å². The summed E-state index contributed by atoms with van der Waals surface area (Å²) in [4.78, 5) is 15.1. The quantitative estimate of drug-likeness (QED) is 0.379. The fourth-order valence-electron chi connectivity index (χ4n) is 3.63. The lowest BCUT2D eigenvalue weighted by atomic mass is 10.1. The van der Waals surface area contributed by atoms with Crippen LogP contribution in [0.5, 0.6) is 5.75 Å². The van der Waals surface area contributed by atoms with Gasteiger partial charge in [-0.3, -0.25) is 9.69 Å². The summed E-state index contributed by atoms with van der Waals surface area (Å²) in [5.41, 5.74) is 1.79. The second kappa shape index (κ2) is 12.9. The Bertz CT molecular complexity index is 947. The molecule has 1 amide bonds. The zero-order chi connectivity index (χ0) is 24.5. The van der Waals surface area contributed by atoms with Gasteiger partial charge in [0.15, 0.2) is 0 Å². The predicted octanol–water partition coefficient (Wildman–Crippen LogP) is 2.27. The molecule has 2 unspecified atom stereocenters.